The molecule has 1 fully saturated rings. The molecule has 1 saturated heterocycles. The molecule has 122 valence electrons. The molecule has 1 aliphatic heterocycles. The van der Waals surface area contributed by atoms with E-state index in [-0.39, 0.29) is 6.42 Å². The van der Waals surface area contributed by atoms with E-state index in [0.717, 1.165) is 0 Å². The second-order valence-corrected chi connectivity index (χ2v) is 5.66. The maximum Gasteiger partial charge on any atom is 0.328 e. The van der Waals surface area contributed by atoms with Gasteiger partial charge in [0.1, 0.15) is 5.41 Å². The van der Waals surface area contributed by atoms with Gasteiger partial charge in [0.2, 0.25) is 17.7 Å². The Hall–Kier alpha value is -2.22. The summed E-state index contributed by atoms with van der Waals surface area (Å²) in [6.45, 7) is 7.27. The lowest BCUT2D eigenvalue weighted by atomic mass is 9.61. The van der Waals surface area contributed by atoms with E-state index < -0.39 is 34.6 Å². The highest BCUT2D eigenvalue weighted by atomic mass is 16.2. The number of carbonyl (C=O) groups excluding carboxylic acids is 4. The molecule has 0 bridgehead atoms. The molecule has 8 heteroatoms. The van der Waals surface area contributed by atoms with Gasteiger partial charge in [-0.25, -0.2) is 4.79 Å². The first-order chi connectivity index (χ1) is 10.2. The predicted molar refractivity (Wildman–Crippen MR) is 79.4 cm³/mol. The molecule has 5 amide bonds. The molecule has 1 heterocycles. The van der Waals surface area contributed by atoms with Crippen LogP contribution in [0.1, 0.15) is 26.7 Å². The fourth-order valence-corrected chi connectivity index (χ4v) is 2.50. The number of barbiturate groups is 1. The lowest BCUT2D eigenvalue weighted by Crippen LogP contribution is -2.69. The molecular weight excluding hydrogens is 288 g/mol. The van der Waals surface area contributed by atoms with E-state index in [1.54, 1.807) is 0 Å². The van der Waals surface area contributed by atoms with E-state index >= 15 is 0 Å². The molecule has 0 atom stereocenters. The zero-order valence-corrected chi connectivity index (χ0v) is 12.8. The quantitative estimate of drug-likeness (QED) is 0.283. The Morgan fingerprint density at radius 2 is 1.86 bits per heavy atom. The number of allylic oxidation sites excluding steroid dienone is 1. The van der Waals surface area contributed by atoms with Crippen molar-refractivity contribution in [2.24, 2.45) is 16.6 Å². The van der Waals surface area contributed by atoms with Crippen LogP contribution in [-0.4, -0.2) is 36.8 Å². The summed E-state index contributed by atoms with van der Waals surface area (Å²) < 4.78 is 0. The van der Waals surface area contributed by atoms with Crippen LogP contribution in [0, 0.1) is 10.8 Å². The number of rotatable bonds is 7. The van der Waals surface area contributed by atoms with Gasteiger partial charge in [-0.1, -0.05) is 6.08 Å². The number of hydrogen-bond acceptors (Lipinski definition) is 5. The van der Waals surface area contributed by atoms with Crippen LogP contribution >= 0.6 is 0 Å². The SMILES string of the molecule is C=CCC1(C(C)(C)C(=O)NCCCN)C(=O)NC(=O)NC1=O. The molecule has 8 nitrogen and oxygen atoms in total. The first-order valence-corrected chi connectivity index (χ1v) is 7.00. The Kier molecular flexibility index (Phi) is 5.43. The number of hydrogen-bond donors (Lipinski definition) is 4. The minimum Gasteiger partial charge on any atom is -0.356 e. The van der Waals surface area contributed by atoms with Crippen molar-refractivity contribution in [3.05, 3.63) is 12.7 Å². The molecular formula is C14H22N4O4. The fourth-order valence-electron chi connectivity index (χ4n) is 2.50. The van der Waals surface area contributed by atoms with Gasteiger partial charge >= 0.3 is 6.03 Å². The summed E-state index contributed by atoms with van der Waals surface area (Å²) in [6, 6.07) is -0.894. The Labute approximate surface area is 128 Å². The van der Waals surface area contributed by atoms with Crippen LogP contribution in [-0.2, 0) is 14.4 Å². The summed E-state index contributed by atoms with van der Waals surface area (Å²) in [6.07, 6.45) is 1.88. The maximum absolute atomic E-state index is 12.5. The van der Waals surface area contributed by atoms with Crippen LogP contribution in [0.25, 0.3) is 0 Å². The third-order valence-corrected chi connectivity index (χ3v) is 3.98. The second-order valence-electron chi connectivity index (χ2n) is 5.66. The van der Waals surface area contributed by atoms with Crippen LogP contribution in [0.2, 0.25) is 0 Å². The van der Waals surface area contributed by atoms with Gasteiger partial charge in [0.15, 0.2) is 0 Å². The average Bonchev–Trinajstić information content (AvgIpc) is 2.42. The second kappa shape index (κ2) is 6.69. The van der Waals surface area contributed by atoms with E-state index in [1.165, 1.54) is 19.9 Å². The van der Waals surface area contributed by atoms with Crippen molar-refractivity contribution < 1.29 is 19.2 Å². The van der Waals surface area contributed by atoms with Crippen LogP contribution in [0.15, 0.2) is 12.7 Å². The van der Waals surface area contributed by atoms with Gasteiger partial charge in [0, 0.05) is 6.54 Å². The Morgan fingerprint density at radius 3 is 2.32 bits per heavy atom. The lowest BCUT2D eigenvalue weighted by Gasteiger charge is -2.43. The minimum atomic E-state index is -1.74. The van der Waals surface area contributed by atoms with E-state index in [1.807, 2.05) is 0 Å². The minimum absolute atomic E-state index is 0.0742. The molecule has 0 saturated carbocycles. The average molecular weight is 310 g/mol. The van der Waals surface area contributed by atoms with Crippen molar-refractivity contribution in [3.63, 3.8) is 0 Å². The smallest absolute Gasteiger partial charge is 0.328 e. The van der Waals surface area contributed by atoms with Crippen molar-refractivity contribution in [3.8, 4) is 0 Å². The highest BCUT2D eigenvalue weighted by Crippen LogP contribution is 2.44. The van der Waals surface area contributed by atoms with Crippen LogP contribution in [0.3, 0.4) is 0 Å². The number of amides is 5. The first kappa shape index (κ1) is 17.8. The zero-order valence-electron chi connectivity index (χ0n) is 12.8. The fraction of sp³-hybridized carbons (Fsp3) is 0.571. The number of imide groups is 2. The molecule has 0 aromatic rings. The van der Waals surface area contributed by atoms with Gasteiger partial charge in [0.05, 0.1) is 5.41 Å². The van der Waals surface area contributed by atoms with Gasteiger partial charge in [-0.05, 0) is 33.2 Å². The molecule has 0 unspecified atom stereocenters. The van der Waals surface area contributed by atoms with Crippen molar-refractivity contribution in [2.75, 3.05) is 13.1 Å². The highest BCUT2D eigenvalue weighted by Gasteiger charge is 2.61. The van der Waals surface area contributed by atoms with Gasteiger partial charge in [-0.15, -0.1) is 6.58 Å². The standard InChI is InChI=1S/C14H22N4O4/c1-4-6-14(10(20)17-12(22)18-11(14)21)13(2,3)9(19)16-8-5-7-15/h4H,1,5-8,15H2,2-3H3,(H,16,19)(H2,17,18,20,21,22). The number of nitrogens with two attached hydrogens (primary N) is 1. The van der Waals surface area contributed by atoms with E-state index in [9.17, 15) is 19.2 Å². The lowest BCUT2D eigenvalue weighted by molar-refractivity contribution is -0.160. The molecule has 22 heavy (non-hydrogen) atoms. The van der Waals surface area contributed by atoms with Gasteiger partial charge in [-0.2, -0.15) is 0 Å². The predicted octanol–water partition coefficient (Wildman–Crippen LogP) is -0.594. The normalized spacial score (nSPS) is 17.5. The topological polar surface area (TPSA) is 130 Å². The number of carbonyl (C=O) groups is 4. The van der Waals surface area contributed by atoms with Crippen molar-refractivity contribution in [1.29, 1.82) is 0 Å². The summed E-state index contributed by atoms with van der Waals surface area (Å²) in [4.78, 5) is 48.5. The van der Waals surface area contributed by atoms with Crippen LogP contribution < -0.4 is 21.7 Å². The van der Waals surface area contributed by atoms with Crippen molar-refractivity contribution in [2.45, 2.75) is 26.7 Å². The van der Waals surface area contributed by atoms with Crippen LogP contribution in [0.5, 0.6) is 0 Å². The molecule has 1 aliphatic rings. The molecule has 5 N–H and O–H groups in total. The third kappa shape index (κ3) is 2.87. The summed E-state index contributed by atoms with van der Waals surface area (Å²) in [5.41, 5.74) is 2.24. The van der Waals surface area contributed by atoms with Gasteiger partial charge in [0.25, 0.3) is 0 Å². The molecule has 0 aromatic carbocycles. The summed E-state index contributed by atoms with van der Waals surface area (Å²) in [7, 11) is 0. The number of urea groups is 1. The molecule has 0 spiro atoms. The van der Waals surface area contributed by atoms with Crippen molar-refractivity contribution >= 4 is 23.8 Å². The Morgan fingerprint density at radius 1 is 1.32 bits per heavy atom. The maximum atomic E-state index is 12.5. The van der Waals surface area contributed by atoms with E-state index in [2.05, 4.69) is 22.5 Å². The third-order valence-electron chi connectivity index (χ3n) is 3.98. The summed E-state index contributed by atoms with van der Waals surface area (Å²) in [5, 5.41) is 6.77. The first-order valence-electron chi connectivity index (χ1n) is 7.00. The summed E-state index contributed by atoms with van der Waals surface area (Å²) >= 11 is 0. The van der Waals surface area contributed by atoms with Crippen LogP contribution in [0.4, 0.5) is 4.79 Å². The van der Waals surface area contributed by atoms with E-state index in [4.69, 9.17) is 5.73 Å². The molecule has 0 aliphatic carbocycles. The molecule has 0 aromatic heterocycles. The Balaban J connectivity index is 3.18. The number of nitrogens with one attached hydrogen (secondary N) is 3. The van der Waals surface area contributed by atoms with Gasteiger partial charge in [-0.3, -0.25) is 25.0 Å². The Bertz CT molecular complexity index is 493. The highest BCUT2D eigenvalue weighted by molar-refractivity contribution is 6.21. The monoisotopic (exact) mass is 310 g/mol. The van der Waals surface area contributed by atoms with E-state index in [0.29, 0.717) is 19.5 Å². The zero-order chi connectivity index (χ0) is 17.0. The molecule has 0 radical (unpaired) electrons. The summed E-state index contributed by atoms with van der Waals surface area (Å²) in [5.74, 6) is -2.08. The largest absolute Gasteiger partial charge is 0.356 e. The van der Waals surface area contributed by atoms with Gasteiger partial charge < -0.3 is 11.1 Å². The molecule has 1 rings (SSSR count). The van der Waals surface area contributed by atoms with Crippen molar-refractivity contribution in [1.82, 2.24) is 16.0 Å².